The molecule has 0 fully saturated rings. The van der Waals surface area contributed by atoms with Gasteiger partial charge < -0.3 is 10.0 Å². The van der Waals surface area contributed by atoms with Gasteiger partial charge in [0.05, 0.1) is 0 Å². The zero-order valence-corrected chi connectivity index (χ0v) is 10.6. The Balaban J connectivity index is 2.33. The number of carboxylic acids is 1. The van der Waals surface area contributed by atoms with Gasteiger partial charge in [-0.2, -0.15) is 0 Å². The lowest BCUT2D eigenvalue weighted by Gasteiger charge is -2.31. The minimum atomic E-state index is -1.07. The summed E-state index contributed by atoms with van der Waals surface area (Å²) >= 11 is 0. The van der Waals surface area contributed by atoms with Gasteiger partial charge in [0.2, 0.25) is 5.91 Å². The molecule has 96 valence electrons. The molecule has 0 saturated heterocycles. The summed E-state index contributed by atoms with van der Waals surface area (Å²) in [7, 11) is 0. The first-order valence-electron chi connectivity index (χ1n) is 6.14. The number of fused-ring (bicyclic) bond motifs is 1. The van der Waals surface area contributed by atoms with Crippen LogP contribution in [0.5, 0.6) is 0 Å². The van der Waals surface area contributed by atoms with Crippen LogP contribution in [-0.2, 0) is 16.0 Å². The topological polar surface area (TPSA) is 57.6 Å². The number of carbonyl (C=O) groups excluding carboxylic acids is 1. The second-order valence-electron chi connectivity index (χ2n) is 4.79. The van der Waals surface area contributed by atoms with Crippen molar-refractivity contribution in [3.63, 3.8) is 0 Å². The number of anilines is 1. The van der Waals surface area contributed by atoms with Crippen LogP contribution in [-0.4, -0.2) is 23.5 Å². The van der Waals surface area contributed by atoms with E-state index in [0.29, 0.717) is 6.54 Å². The Morgan fingerprint density at radius 1 is 1.39 bits per heavy atom. The van der Waals surface area contributed by atoms with Gasteiger partial charge in [0.1, 0.15) is 5.92 Å². The van der Waals surface area contributed by atoms with Gasteiger partial charge in [0.25, 0.3) is 0 Å². The van der Waals surface area contributed by atoms with Crippen LogP contribution in [0.25, 0.3) is 0 Å². The van der Waals surface area contributed by atoms with E-state index in [2.05, 4.69) is 6.07 Å². The van der Waals surface area contributed by atoms with Gasteiger partial charge >= 0.3 is 5.97 Å². The number of hydrogen-bond donors (Lipinski definition) is 1. The number of hydrogen-bond acceptors (Lipinski definition) is 2. The number of rotatable bonds is 2. The van der Waals surface area contributed by atoms with Gasteiger partial charge in [0.15, 0.2) is 0 Å². The third-order valence-electron chi connectivity index (χ3n) is 3.36. The second-order valence-corrected chi connectivity index (χ2v) is 4.79. The summed E-state index contributed by atoms with van der Waals surface area (Å²) in [5.74, 6) is -2.39. The Bertz CT molecular complexity index is 496. The van der Waals surface area contributed by atoms with Crippen molar-refractivity contribution in [2.24, 2.45) is 5.92 Å². The third-order valence-corrected chi connectivity index (χ3v) is 3.36. The van der Waals surface area contributed by atoms with Crippen LogP contribution in [0.15, 0.2) is 18.2 Å². The zero-order valence-electron chi connectivity index (χ0n) is 10.6. The number of benzene rings is 1. The number of amides is 1. The Morgan fingerprint density at radius 2 is 2.11 bits per heavy atom. The molecule has 0 spiro atoms. The molecule has 1 aliphatic heterocycles. The number of carbonyl (C=O) groups is 2. The Kier molecular flexibility index (Phi) is 3.36. The highest BCUT2D eigenvalue weighted by Gasteiger charge is 2.29. The normalized spacial score (nSPS) is 16.0. The average molecular weight is 247 g/mol. The predicted molar refractivity (Wildman–Crippen MR) is 68.7 cm³/mol. The van der Waals surface area contributed by atoms with E-state index < -0.39 is 11.9 Å². The van der Waals surface area contributed by atoms with Gasteiger partial charge in [-0.25, -0.2) is 0 Å². The van der Waals surface area contributed by atoms with E-state index in [-0.39, 0.29) is 5.91 Å². The Hall–Kier alpha value is -1.84. The summed E-state index contributed by atoms with van der Waals surface area (Å²) < 4.78 is 0. The molecule has 1 unspecified atom stereocenters. The van der Waals surface area contributed by atoms with Gasteiger partial charge in [-0.05, 0) is 38.3 Å². The van der Waals surface area contributed by atoms with Crippen molar-refractivity contribution in [2.45, 2.75) is 26.7 Å². The molecular weight excluding hydrogens is 230 g/mol. The minimum absolute atomic E-state index is 0.327. The SMILES string of the molecule is Cc1ccc2c(c1)CCCN2C(=O)C(C)C(=O)O. The Morgan fingerprint density at radius 3 is 2.78 bits per heavy atom. The molecule has 1 aliphatic rings. The van der Waals surface area contributed by atoms with Crippen molar-refractivity contribution in [3.8, 4) is 0 Å². The van der Waals surface area contributed by atoms with Crippen molar-refractivity contribution in [1.82, 2.24) is 0 Å². The van der Waals surface area contributed by atoms with E-state index in [1.54, 1.807) is 4.90 Å². The molecule has 0 aliphatic carbocycles. The lowest BCUT2D eigenvalue weighted by molar-refractivity contribution is -0.145. The first-order chi connectivity index (χ1) is 8.50. The van der Waals surface area contributed by atoms with E-state index in [9.17, 15) is 9.59 Å². The highest BCUT2D eigenvalue weighted by molar-refractivity contribution is 6.05. The van der Waals surface area contributed by atoms with Crippen LogP contribution in [0.2, 0.25) is 0 Å². The van der Waals surface area contributed by atoms with Crippen molar-refractivity contribution in [3.05, 3.63) is 29.3 Å². The second kappa shape index (κ2) is 4.80. The molecule has 1 heterocycles. The third kappa shape index (κ3) is 2.23. The van der Waals surface area contributed by atoms with E-state index in [1.165, 1.54) is 6.92 Å². The summed E-state index contributed by atoms with van der Waals surface area (Å²) in [6, 6.07) is 5.94. The fourth-order valence-corrected chi connectivity index (χ4v) is 2.29. The molecule has 2 rings (SSSR count). The summed E-state index contributed by atoms with van der Waals surface area (Å²) in [4.78, 5) is 24.6. The zero-order chi connectivity index (χ0) is 13.3. The van der Waals surface area contributed by atoms with E-state index in [4.69, 9.17) is 5.11 Å². The van der Waals surface area contributed by atoms with E-state index in [1.807, 2.05) is 19.1 Å². The Labute approximate surface area is 106 Å². The molecule has 1 amide bonds. The molecular formula is C14H17NO3. The number of aryl methyl sites for hydroxylation is 2. The lowest BCUT2D eigenvalue weighted by atomic mass is 9.98. The highest BCUT2D eigenvalue weighted by Crippen LogP contribution is 2.29. The van der Waals surface area contributed by atoms with Crippen LogP contribution >= 0.6 is 0 Å². The van der Waals surface area contributed by atoms with Crippen LogP contribution in [0, 0.1) is 12.8 Å². The van der Waals surface area contributed by atoms with Gasteiger partial charge in [-0.3, -0.25) is 9.59 Å². The van der Waals surface area contributed by atoms with Crippen molar-refractivity contribution >= 4 is 17.6 Å². The summed E-state index contributed by atoms with van der Waals surface area (Å²) in [5.41, 5.74) is 3.16. The van der Waals surface area contributed by atoms with Crippen molar-refractivity contribution in [1.29, 1.82) is 0 Å². The maximum Gasteiger partial charge on any atom is 0.315 e. The first kappa shape index (κ1) is 12.6. The minimum Gasteiger partial charge on any atom is -0.481 e. The maximum atomic E-state index is 12.1. The average Bonchev–Trinajstić information content (AvgIpc) is 2.35. The van der Waals surface area contributed by atoms with Crippen LogP contribution in [0.3, 0.4) is 0 Å². The van der Waals surface area contributed by atoms with Gasteiger partial charge in [-0.15, -0.1) is 0 Å². The van der Waals surface area contributed by atoms with E-state index >= 15 is 0 Å². The first-order valence-corrected chi connectivity index (χ1v) is 6.14. The molecule has 1 atom stereocenters. The summed E-state index contributed by atoms with van der Waals surface area (Å²) in [5, 5.41) is 8.93. The molecule has 4 heteroatoms. The fraction of sp³-hybridized carbons (Fsp3) is 0.429. The molecule has 0 saturated carbocycles. The fourth-order valence-electron chi connectivity index (χ4n) is 2.29. The molecule has 1 aromatic rings. The quantitative estimate of drug-likeness (QED) is 0.813. The smallest absolute Gasteiger partial charge is 0.315 e. The summed E-state index contributed by atoms with van der Waals surface area (Å²) in [6.07, 6.45) is 1.83. The van der Waals surface area contributed by atoms with Crippen molar-refractivity contribution < 1.29 is 14.7 Å². The number of aliphatic carboxylic acids is 1. The van der Waals surface area contributed by atoms with Crippen LogP contribution < -0.4 is 4.90 Å². The largest absolute Gasteiger partial charge is 0.481 e. The molecule has 0 radical (unpaired) electrons. The molecule has 0 aromatic heterocycles. The molecule has 4 nitrogen and oxygen atoms in total. The van der Waals surface area contributed by atoms with Crippen LogP contribution in [0.4, 0.5) is 5.69 Å². The monoisotopic (exact) mass is 247 g/mol. The van der Waals surface area contributed by atoms with Crippen molar-refractivity contribution in [2.75, 3.05) is 11.4 Å². The number of nitrogens with zero attached hydrogens (tertiary/aromatic N) is 1. The molecule has 1 N–H and O–H groups in total. The molecule has 0 bridgehead atoms. The lowest BCUT2D eigenvalue weighted by Crippen LogP contribution is -2.41. The van der Waals surface area contributed by atoms with Crippen LogP contribution in [0.1, 0.15) is 24.5 Å². The standard InChI is InChI=1S/C14H17NO3/c1-9-5-6-12-11(8-9)4-3-7-15(12)13(16)10(2)14(17)18/h5-6,8,10H,3-4,7H2,1-2H3,(H,17,18). The molecule has 1 aromatic carbocycles. The number of carboxylic acid groups (broad SMARTS) is 1. The molecule has 18 heavy (non-hydrogen) atoms. The van der Waals surface area contributed by atoms with Gasteiger partial charge in [0, 0.05) is 12.2 Å². The maximum absolute atomic E-state index is 12.1. The summed E-state index contributed by atoms with van der Waals surface area (Å²) in [6.45, 7) is 4.06. The predicted octanol–water partition coefficient (Wildman–Crippen LogP) is 1.99. The highest BCUT2D eigenvalue weighted by atomic mass is 16.4. The van der Waals surface area contributed by atoms with Gasteiger partial charge in [-0.1, -0.05) is 17.7 Å². The van der Waals surface area contributed by atoms with E-state index in [0.717, 1.165) is 29.7 Å².